The molecule has 0 radical (unpaired) electrons. The largest absolute Gasteiger partial charge is 1.00 e. The number of para-hydroxylation sites is 2. The van der Waals surface area contributed by atoms with Crippen molar-refractivity contribution in [2.75, 3.05) is 108 Å². The van der Waals surface area contributed by atoms with E-state index in [1.165, 1.54) is 71.0 Å². The normalized spacial score (nSPS) is 12.0. The van der Waals surface area contributed by atoms with E-state index in [0.29, 0.717) is 54.8 Å². The summed E-state index contributed by atoms with van der Waals surface area (Å²) in [5.41, 5.74) is 12.7. The van der Waals surface area contributed by atoms with Gasteiger partial charge in [-0.2, -0.15) is 7.11 Å². The molecule has 12 N–H and O–H groups in total. The van der Waals surface area contributed by atoms with Gasteiger partial charge in [-0.15, -0.1) is 0 Å². The number of rotatable bonds is 25. The molecule has 39 nitrogen and oxygen atoms in total. The number of piperidine rings is 2. The van der Waals surface area contributed by atoms with Crippen LogP contribution in [0.25, 0.3) is 0 Å². The van der Waals surface area contributed by atoms with Crippen molar-refractivity contribution in [3.8, 4) is 11.5 Å². The zero-order valence-electron chi connectivity index (χ0n) is 72.6. The number of aliphatic carboxylic acids is 1. The van der Waals surface area contributed by atoms with E-state index in [0.717, 1.165) is 83.1 Å². The zero-order valence-corrected chi connectivity index (χ0v) is 83.5. The first-order valence-electron chi connectivity index (χ1n) is 36.6. The van der Waals surface area contributed by atoms with Crippen LogP contribution in [0.4, 0.5) is 5.82 Å². The number of anilines is 1. The summed E-state index contributed by atoms with van der Waals surface area (Å²) in [4.78, 5) is 156. The standard InChI is InChI=1S/C19H22ClN3O3.C12H17NO.C8H12O5.C7H6Cl2N2O2.C7H8N2O3S.C7H12O4.C6H6N2O3S.C3H7BO2.C3H6O2.CH4N2S.CH3O.Cl3OP.2Na.H/c1-25-16-6-4-3-5-15(16)13-7-9-23(10-8-13)18-14(11-17(24)26-2)12-21-19(20)22-18;1-14-12-5-3-2-4-11(12)10-6-8-13-9-7-10;1-3-13-7(10)4-6(5-9)8(11)12-2;1-13-5(12)2-4-3-10-7(9)11-6(4)8;1-12-5(10)2-4-3-8-7(13)9-6(4)11;1-3-11-7(9)5-4-6(8)10-2;9-4(10)1-3-2-7-6(12)8-5(3)11;5-4(6)3-1-2-3;1-2-5-3-4;2-1(3)4;1-2;1-5(2,3)4;;;/h3-6,12-13H,7-11H2,1-2H3;2-5,10,13H,6-9H2,1H3;5-6H,3-4H2,1-2H3;3H,2H2,1H3;3H,2H2,1H3,(H2,8,9,11,13);3-5H2,1-2H3;2H,1H2,(H,9,10)(H2,7,8,11,12);3,5-6H,1-2H2;3H,2H2,1H3;(H4,2,3,4);1H3;;;;/q;;;;;;;;;;-1;;2*+1;-1. The maximum absolute atomic E-state index is 11.7. The summed E-state index contributed by atoms with van der Waals surface area (Å²) in [5.74, 6) is -1.32. The molecule has 1 unspecified atom stereocenters. The third-order valence-electron chi connectivity index (χ3n) is 15.4. The Balaban J connectivity index is -0.000000327. The van der Waals surface area contributed by atoms with Crippen LogP contribution in [0.15, 0.2) is 82.9 Å². The van der Waals surface area contributed by atoms with Crippen LogP contribution in [0, 0.1) is 15.5 Å². The molecular formula is C74H104BCl6N12Na2O27PS3. The van der Waals surface area contributed by atoms with Gasteiger partial charge in [0.1, 0.15) is 34.7 Å². The fraction of sp³-hybridized carbons (Fsp3) is 0.473. The van der Waals surface area contributed by atoms with Crippen LogP contribution in [0.3, 0.4) is 0 Å². The average molecular weight is 1990 g/mol. The number of halogens is 6. The molecule has 6 heterocycles. The molecule has 126 heavy (non-hydrogen) atoms. The van der Waals surface area contributed by atoms with Gasteiger partial charge in [0, 0.05) is 60.1 Å². The third-order valence-corrected chi connectivity index (χ3v) is 16.5. The summed E-state index contributed by atoms with van der Waals surface area (Å²) >= 11 is 44.4. The molecule has 692 valence electrons. The second-order valence-electron chi connectivity index (χ2n) is 24.0. The van der Waals surface area contributed by atoms with Gasteiger partial charge in [0.05, 0.1) is 115 Å². The number of aromatic nitrogens is 8. The number of H-pyrrole nitrogens is 4. The van der Waals surface area contributed by atoms with E-state index < -0.39 is 59.6 Å². The summed E-state index contributed by atoms with van der Waals surface area (Å²) in [6.07, 6.45) is 12.2. The van der Waals surface area contributed by atoms with Crippen LogP contribution >= 0.6 is 110 Å². The maximum atomic E-state index is 11.7. The minimum atomic E-state index is -3.22. The van der Waals surface area contributed by atoms with E-state index in [1.807, 2.05) is 24.3 Å². The van der Waals surface area contributed by atoms with E-state index in [4.69, 9.17) is 69.3 Å². The molecule has 1 saturated carbocycles. The topological polar surface area (TPSA) is 580 Å². The van der Waals surface area contributed by atoms with Gasteiger partial charge in [-0.05, 0) is 194 Å². The molecule has 0 bridgehead atoms. The fourth-order valence-electron chi connectivity index (χ4n) is 9.53. The van der Waals surface area contributed by atoms with Crippen molar-refractivity contribution in [2.24, 2.45) is 17.4 Å². The number of ether oxygens (including phenoxy) is 10. The van der Waals surface area contributed by atoms with Gasteiger partial charge < -0.3 is 106 Å². The van der Waals surface area contributed by atoms with Crippen molar-refractivity contribution < 1.29 is 181 Å². The number of carboxylic acid groups (broad SMARTS) is 1. The van der Waals surface area contributed by atoms with E-state index in [-0.39, 0.29) is 171 Å². The van der Waals surface area contributed by atoms with Crippen LogP contribution in [0.5, 0.6) is 11.5 Å². The van der Waals surface area contributed by atoms with Gasteiger partial charge in [-0.3, -0.25) is 67.3 Å². The molecular weight excluding hydrogens is 1890 g/mol. The fourth-order valence-corrected chi connectivity index (χ4v) is 10.3. The Labute approximate surface area is 818 Å². The number of aldehydes is 1. The van der Waals surface area contributed by atoms with Crippen molar-refractivity contribution in [3.63, 3.8) is 0 Å². The number of aromatic amines is 4. The average Bonchev–Trinajstić information content (AvgIpc) is 1.72. The van der Waals surface area contributed by atoms with Gasteiger partial charge in [0.15, 0.2) is 14.7 Å². The Morgan fingerprint density at radius 2 is 1.01 bits per heavy atom. The molecule has 0 amide bonds. The molecule has 0 spiro atoms. The number of esters is 7. The quantitative estimate of drug-likeness (QED) is 0.00453. The number of benzene rings is 2. The second kappa shape index (κ2) is 76.5. The monoisotopic (exact) mass is 1990 g/mol. The Bertz CT molecular complexity index is 4520. The molecule has 2 aromatic carbocycles. The summed E-state index contributed by atoms with van der Waals surface area (Å²) in [6.45, 7) is 10.5. The van der Waals surface area contributed by atoms with Crippen LogP contribution in [0.1, 0.15) is 125 Å². The Hall–Kier alpha value is -7.34. The predicted molar refractivity (Wildman–Crippen MR) is 472 cm³/mol. The summed E-state index contributed by atoms with van der Waals surface area (Å²) in [7, 11) is 9.55. The van der Waals surface area contributed by atoms with E-state index in [9.17, 15) is 62.1 Å². The minimum Gasteiger partial charge on any atom is -1.00 e. The van der Waals surface area contributed by atoms with Crippen LogP contribution in [-0.4, -0.2) is 231 Å². The molecule has 2 saturated heterocycles. The SMILES string of the molecule is CCOC(=O)CC(C=O)C(=O)OC.CCOC(=O)CCC(=O)OC.CCOC=O.COC(=O)Cc1c[nH]c(=S)[nH]c1=O.COC(=O)Cc1cnc(Cl)nc1Cl.COC(=O)Cc1cnc(Cl)nc1N1CCC(c2ccccc2OC)CC1.COc1ccccc1C1CCNCC1.C[O-].NC(N)=S.O=C(O)Cc1c[nH]c(=S)[nH]c1=O.O=P(Cl)(Cl)Cl.OB(O)C1CC1.[H-].[Na+].[Na+]. The van der Waals surface area contributed by atoms with Gasteiger partial charge in [0.25, 0.3) is 17.6 Å². The van der Waals surface area contributed by atoms with Crippen LogP contribution in [-0.2, 0) is 116 Å². The number of carbonyl (C=O) groups is 10. The number of carbonyl (C=O) groups excluding carboxylic acids is 9. The first kappa shape index (κ1) is 127. The summed E-state index contributed by atoms with van der Waals surface area (Å²) in [5, 5.41) is 33.7. The maximum Gasteiger partial charge on any atom is 1.00 e. The number of thiocarbonyl (C=S) groups is 1. The molecule has 1 atom stereocenters. The zero-order chi connectivity index (χ0) is 94.9. The molecule has 52 heteroatoms. The Kier molecular flexibility index (Phi) is 77.2. The Morgan fingerprint density at radius 1 is 0.611 bits per heavy atom. The molecule has 4 aromatic heterocycles. The van der Waals surface area contributed by atoms with Gasteiger partial charge >= 0.3 is 119 Å². The van der Waals surface area contributed by atoms with Crippen molar-refractivity contribution in [2.45, 2.75) is 122 Å². The first-order valence-corrected chi connectivity index (χ1v) is 43.4. The minimum absolute atomic E-state index is 0. The van der Waals surface area contributed by atoms with Crippen LogP contribution < -0.4 is 106 Å². The first-order chi connectivity index (χ1) is 58.7. The molecule has 1 aliphatic carbocycles. The number of hydrogen-bond donors (Lipinski definition) is 10. The van der Waals surface area contributed by atoms with Crippen molar-refractivity contribution in [3.05, 3.63) is 153 Å². The van der Waals surface area contributed by atoms with Gasteiger partial charge in [0.2, 0.25) is 10.6 Å². The predicted octanol–water partition coefficient (Wildman–Crippen LogP) is 2.44. The van der Waals surface area contributed by atoms with Gasteiger partial charge in [-0.1, -0.05) is 60.8 Å². The number of nitrogens with one attached hydrogen (secondary N) is 5. The Morgan fingerprint density at radius 3 is 1.37 bits per heavy atom. The smallest absolute Gasteiger partial charge is 1.00 e. The second-order valence-corrected chi connectivity index (χ2v) is 33.0. The molecule has 6 aromatic rings. The molecule has 9 rings (SSSR count). The number of nitrogens with zero attached hydrogens (tertiary/aromatic N) is 5. The van der Waals surface area contributed by atoms with Gasteiger partial charge in [-0.25, -0.2) is 19.9 Å². The number of nitrogens with two attached hydrogens (primary N) is 2. The molecule has 3 fully saturated rings. The van der Waals surface area contributed by atoms with Crippen molar-refractivity contribution >= 4 is 189 Å². The summed E-state index contributed by atoms with van der Waals surface area (Å²) < 4.78 is 56.4. The van der Waals surface area contributed by atoms with E-state index in [2.05, 4.69) is 189 Å². The molecule has 2 aliphatic heterocycles. The summed E-state index contributed by atoms with van der Waals surface area (Å²) in [6, 6.07) is 16.5. The number of hydrogen-bond acceptors (Lipinski definition) is 35. The van der Waals surface area contributed by atoms with E-state index >= 15 is 0 Å². The van der Waals surface area contributed by atoms with Crippen LogP contribution in [0.2, 0.25) is 21.5 Å². The molecule has 3 aliphatic rings. The van der Waals surface area contributed by atoms with Crippen molar-refractivity contribution in [1.82, 2.24) is 45.2 Å². The third kappa shape index (κ3) is 63.6. The number of methoxy groups -OCH3 is 7. The number of carboxylic acids is 1. The van der Waals surface area contributed by atoms with Crippen molar-refractivity contribution in [1.29, 1.82) is 0 Å². The van der Waals surface area contributed by atoms with E-state index in [1.54, 1.807) is 41.2 Å².